The molecule has 0 heterocycles. The molecule has 1 aromatic carbocycles. The number of rotatable bonds is 7. The van der Waals surface area contributed by atoms with Crippen LogP contribution >= 0.6 is 0 Å². The maximum absolute atomic E-state index is 10.8. The normalized spacial score (nSPS) is 14.6. The second kappa shape index (κ2) is 7.36. The molecule has 0 aromatic heterocycles. The Morgan fingerprint density at radius 1 is 1.30 bits per heavy atom. The Labute approximate surface area is 121 Å². The van der Waals surface area contributed by atoms with Crippen molar-refractivity contribution in [1.82, 2.24) is 10.2 Å². The number of benzene rings is 1. The Morgan fingerprint density at radius 3 is 2.45 bits per heavy atom. The van der Waals surface area contributed by atoms with Crippen molar-refractivity contribution < 1.29 is 4.92 Å². The topological polar surface area (TPSA) is 58.4 Å². The number of nitro groups is 1. The Hall–Kier alpha value is -1.46. The van der Waals surface area contributed by atoms with E-state index in [1.54, 1.807) is 12.1 Å². The van der Waals surface area contributed by atoms with Gasteiger partial charge in [0, 0.05) is 30.8 Å². The van der Waals surface area contributed by atoms with E-state index in [4.69, 9.17) is 0 Å². The van der Waals surface area contributed by atoms with Crippen molar-refractivity contribution >= 4 is 5.69 Å². The minimum atomic E-state index is -0.354. The second-order valence-electron chi connectivity index (χ2n) is 5.76. The summed E-state index contributed by atoms with van der Waals surface area (Å²) in [6, 6.07) is 7.35. The lowest BCUT2D eigenvalue weighted by atomic mass is 10.0. The maximum Gasteiger partial charge on any atom is 0.269 e. The molecule has 0 aliphatic carbocycles. The molecular weight excluding hydrogens is 254 g/mol. The number of non-ortho nitro benzene ring substituents is 1. The van der Waals surface area contributed by atoms with Crippen LogP contribution in [-0.2, 0) is 0 Å². The summed E-state index contributed by atoms with van der Waals surface area (Å²) < 4.78 is 0. The molecule has 0 aliphatic heterocycles. The van der Waals surface area contributed by atoms with Gasteiger partial charge in [-0.05, 0) is 32.5 Å². The molecule has 0 bridgehead atoms. The van der Waals surface area contributed by atoms with Gasteiger partial charge in [-0.15, -0.1) is 0 Å². The van der Waals surface area contributed by atoms with E-state index in [2.05, 4.69) is 38.2 Å². The van der Waals surface area contributed by atoms with Gasteiger partial charge in [0.25, 0.3) is 5.69 Å². The Kier molecular flexibility index (Phi) is 6.10. The zero-order chi connectivity index (χ0) is 15.3. The Balaban J connectivity index is 2.69. The van der Waals surface area contributed by atoms with Gasteiger partial charge in [0.2, 0.25) is 0 Å². The minimum absolute atomic E-state index is 0.0936. The molecule has 0 saturated carbocycles. The van der Waals surface area contributed by atoms with Crippen LogP contribution in [0.15, 0.2) is 24.3 Å². The van der Waals surface area contributed by atoms with E-state index in [9.17, 15) is 10.1 Å². The standard InChI is InChI=1S/C15H25N3O2/c1-11(2)15(17(4)5)10-16-12(3)13-7-6-8-14(9-13)18(19)20/h6-9,11-12,15-16H,10H2,1-5H3. The van der Waals surface area contributed by atoms with Crippen LogP contribution in [0.2, 0.25) is 0 Å². The van der Waals surface area contributed by atoms with Gasteiger partial charge in [-0.2, -0.15) is 0 Å². The van der Waals surface area contributed by atoms with Crippen molar-refractivity contribution in [3.63, 3.8) is 0 Å². The monoisotopic (exact) mass is 279 g/mol. The van der Waals surface area contributed by atoms with Crippen molar-refractivity contribution in [1.29, 1.82) is 0 Å². The van der Waals surface area contributed by atoms with E-state index >= 15 is 0 Å². The summed E-state index contributed by atoms with van der Waals surface area (Å²) in [6.45, 7) is 7.29. The lowest BCUT2D eigenvalue weighted by Crippen LogP contribution is -2.42. The molecule has 0 radical (unpaired) electrons. The van der Waals surface area contributed by atoms with Crippen LogP contribution < -0.4 is 5.32 Å². The molecule has 0 saturated heterocycles. The molecule has 112 valence electrons. The van der Waals surface area contributed by atoms with Gasteiger partial charge in [-0.1, -0.05) is 26.0 Å². The minimum Gasteiger partial charge on any atom is -0.309 e. The molecule has 0 amide bonds. The predicted molar refractivity (Wildman–Crippen MR) is 81.8 cm³/mol. The molecule has 5 nitrogen and oxygen atoms in total. The predicted octanol–water partition coefficient (Wildman–Crippen LogP) is 2.83. The first kappa shape index (κ1) is 16.6. The quantitative estimate of drug-likeness (QED) is 0.616. The fraction of sp³-hybridized carbons (Fsp3) is 0.600. The number of nitro benzene ring substituents is 1. The van der Waals surface area contributed by atoms with Crippen LogP contribution in [0.1, 0.15) is 32.4 Å². The first-order valence-electron chi connectivity index (χ1n) is 6.97. The number of nitrogens with zero attached hydrogens (tertiary/aromatic N) is 2. The highest BCUT2D eigenvalue weighted by molar-refractivity contribution is 5.35. The third-order valence-electron chi connectivity index (χ3n) is 3.65. The summed E-state index contributed by atoms with van der Waals surface area (Å²) in [7, 11) is 4.15. The number of nitrogens with one attached hydrogen (secondary N) is 1. The second-order valence-corrected chi connectivity index (χ2v) is 5.76. The van der Waals surface area contributed by atoms with Crippen molar-refractivity contribution in [2.24, 2.45) is 5.92 Å². The van der Waals surface area contributed by atoms with Crippen molar-refractivity contribution in [2.45, 2.75) is 32.9 Å². The van der Waals surface area contributed by atoms with E-state index in [0.29, 0.717) is 12.0 Å². The van der Waals surface area contributed by atoms with Gasteiger partial charge in [0.1, 0.15) is 0 Å². The molecule has 2 atom stereocenters. The molecule has 0 spiro atoms. The van der Waals surface area contributed by atoms with Crippen LogP contribution in [0.5, 0.6) is 0 Å². The van der Waals surface area contributed by atoms with Crippen LogP contribution in [-0.4, -0.2) is 36.5 Å². The first-order valence-corrected chi connectivity index (χ1v) is 6.97. The number of likely N-dealkylation sites (N-methyl/N-ethyl adjacent to an activating group) is 1. The summed E-state index contributed by atoms with van der Waals surface area (Å²) in [6.07, 6.45) is 0. The summed E-state index contributed by atoms with van der Waals surface area (Å²) in [5.41, 5.74) is 1.09. The summed E-state index contributed by atoms with van der Waals surface area (Å²) in [5, 5.41) is 14.3. The van der Waals surface area contributed by atoms with Gasteiger partial charge in [-0.25, -0.2) is 0 Å². The van der Waals surface area contributed by atoms with Gasteiger partial charge >= 0.3 is 0 Å². The summed E-state index contributed by atoms with van der Waals surface area (Å²) in [5.74, 6) is 0.551. The van der Waals surface area contributed by atoms with E-state index < -0.39 is 0 Å². The van der Waals surface area contributed by atoms with Crippen molar-refractivity contribution in [2.75, 3.05) is 20.6 Å². The Bertz CT molecular complexity index is 438. The maximum atomic E-state index is 10.8. The largest absolute Gasteiger partial charge is 0.309 e. The number of hydrogen-bond donors (Lipinski definition) is 1. The van der Waals surface area contributed by atoms with Crippen molar-refractivity contribution in [3.05, 3.63) is 39.9 Å². The molecule has 5 heteroatoms. The smallest absolute Gasteiger partial charge is 0.269 e. The van der Waals surface area contributed by atoms with E-state index in [-0.39, 0.29) is 16.7 Å². The van der Waals surface area contributed by atoms with Crippen LogP contribution in [0, 0.1) is 16.0 Å². The van der Waals surface area contributed by atoms with Gasteiger partial charge in [0.15, 0.2) is 0 Å². The molecule has 2 unspecified atom stereocenters. The van der Waals surface area contributed by atoms with Gasteiger partial charge in [-0.3, -0.25) is 10.1 Å². The SMILES string of the molecule is CC(NCC(C(C)C)N(C)C)c1cccc([N+](=O)[O-])c1. The molecule has 1 rings (SSSR count). The lowest BCUT2D eigenvalue weighted by molar-refractivity contribution is -0.384. The van der Waals surface area contributed by atoms with Gasteiger partial charge < -0.3 is 10.2 Å². The van der Waals surface area contributed by atoms with Crippen molar-refractivity contribution in [3.8, 4) is 0 Å². The van der Waals surface area contributed by atoms with E-state index in [1.165, 1.54) is 6.07 Å². The first-order chi connectivity index (χ1) is 9.32. The molecule has 0 aliphatic rings. The zero-order valence-electron chi connectivity index (χ0n) is 13.0. The fourth-order valence-corrected chi connectivity index (χ4v) is 2.34. The fourth-order valence-electron chi connectivity index (χ4n) is 2.34. The molecule has 0 fully saturated rings. The molecule has 20 heavy (non-hydrogen) atoms. The summed E-state index contributed by atoms with van der Waals surface area (Å²) >= 11 is 0. The highest BCUT2D eigenvalue weighted by Gasteiger charge is 2.17. The average Bonchev–Trinajstić information content (AvgIpc) is 2.38. The zero-order valence-corrected chi connectivity index (χ0v) is 13.0. The lowest BCUT2D eigenvalue weighted by Gasteiger charge is -2.29. The molecule has 1 N–H and O–H groups in total. The third-order valence-corrected chi connectivity index (χ3v) is 3.65. The molecular formula is C15H25N3O2. The van der Waals surface area contributed by atoms with Crippen LogP contribution in [0.3, 0.4) is 0 Å². The Morgan fingerprint density at radius 2 is 1.95 bits per heavy atom. The molecule has 1 aromatic rings. The highest BCUT2D eigenvalue weighted by Crippen LogP contribution is 2.19. The van der Waals surface area contributed by atoms with Crippen LogP contribution in [0.4, 0.5) is 5.69 Å². The third kappa shape index (κ3) is 4.58. The summed E-state index contributed by atoms with van der Waals surface area (Å²) in [4.78, 5) is 12.7. The van der Waals surface area contributed by atoms with E-state index in [0.717, 1.165) is 12.1 Å². The van der Waals surface area contributed by atoms with E-state index in [1.807, 2.05) is 13.0 Å². The highest BCUT2D eigenvalue weighted by atomic mass is 16.6. The number of hydrogen-bond acceptors (Lipinski definition) is 4. The van der Waals surface area contributed by atoms with Crippen LogP contribution in [0.25, 0.3) is 0 Å². The van der Waals surface area contributed by atoms with Gasteiger partial charge in [0.05, 0.1) is 4.92 Å². The average molecular weight is 279 g/mol.